The smallest absolute Gasteiger partial charge is 0.200 e. The summed E-state index contributed by atoms with van der Waals surface area (Å²) in [5, 5.41) is 0. The third-order valence-electron chi connectivity index (χ3n) is 5.96. The maximum atomic E-state index is 12.3. The van der Waals surface area contributed by atoms with Crippen LogP contribution in [0, 0.1) is 0 Å². The van der Waals surface area contributed by atoms with Gasteiger partial charge < -0.3 is 13.9 Å². The second kappa shape index (κ2) is 11.2. The van der Waals surface area contributed by atoms with Crippen molar-refractivity contribution in [2.75, 3.05) is 13.2 Å². The monoisotopic (exact) mass is 418 g/mol. The molecule has 1 unspecified atom stereocenters. The molecule has 29 heavy (non-hydrogen) atoms. The summed E-state index contributed by atoms with van der Waals surface area (Å²) in [6.45, 7) is 14.4. The minimum Gasteiger partial charge on any atom is -0.413 e. The Bertz CT molecular complexity index is 632. The highest BCUT2D eigenvalue weighted by atomic mass is 28.4. The maximum Gasteiger partial charge on any atom is 0.200 e. The van der Waals surface area contributed by atoms with Crippen LogP contribution in [-0.4, -0.2) is 39.7 Å². The van der Waals surface area contributed by atoms with E-state index in [2.05, 4.69) is 53.7 Å². The molecule has 0 N–H and O–H groups in total. The number of rotatable bonds is 11. The minimum absolute atomic E-state index is 0.0340. The van der Waals surface area contributed by atoms with E-state index in [0.717, 1.165) is 12.8 Å². The lowest BCUT2D eigenvalue weighted by atomic mass is 10.1. The van der Waals surface area contributed by atoms with E-state index in [1.54, 1.807) is 12.2 Å². The summed E-state index contributed by atoms with van der Waals surface area (Å²) in [5.41, 5.74) is 2.72. The first-order valence-corrected chi connectivity index (χ1v) is 13.1. The number of hydrogen-bond acceptors (Lipinski definition) is 4. The second-order valence-corrected chi connectivity index (χ2v) is 14.3. The summed E-state index contributed by atoms with van der Waals surface area (Å²) < 4.78 is 18.3. The molecule has 0 saturated carbocycles. The molecule has 1 aliphatic heterocycles. The van der Waals surface area contributed by atoms with Crippen LogP contribution in [0.4, 0.5) is 0 Å². The lowest BCUT2D eigenvalue weighted by Gasteiger charge is -2.43. The highest BCUT2D eigenvalue weighted by Crippen LogP contribution is 2.42. The molecule has 1 heterocycles. The van der Waals surface area contributed by atoms with Crippen molar-refractivity contribution in [1.82, 2.24) is 0 Å². The van der Waals surface area contributed by atoms with E-state index in [4.69, 9.17) is 13.9 Å². The lowest BCUT2D eigenvalue weighted by molar-refractivity contribution is -0.168. The normalized spacial score (nSPS) is 20.2. The standard InChI is InChI=1S/C24H38O4Si/c1-18(2)29(19(3)4,20(5)6)27-17-23-22(25)14-15-24(28-23)26-16-10-13-21-11-8-7-9-12-21/h7-9,11-12,14-15,18-20,23-24H,10,13,16-17H2,1-6H3/t23-,24?/m1/s1. The van der Waals surface area contributed by atoms with Gasteiger partial charge in [-0.2, -0.15) is 0 Å². The van der Waals surface area contributed by atoms with Gasteiger partial charge >= 0.3 is 0 Å². The van der Waals surface area contributed by atoms with Gasteiger partial charge in [-0.15, -0.1) is 0 Å². The Morgan fingerprint density at radius 3 is 2.21 bits per heavy atom. The summed E-state index contributed by atoms with van der Waals surface area (Å²) in [6.07, 6.45) is 4.11. The fraction of sp³-hybridized carbons (Fsp3) is 0.625. The van der Waals surface area contributed by atoms with Crippen molar-refractivity contribution in [3.63, 3.8) is 0 Å². The third-order valence-corrected chi connectivity index (χ3v) is 12.0. The van der Waals surface area contributed by atoms with Crippen LogP contribution in [-0.2, 0) is 25.1 Å². The summed E-state index contributed by atoms with van der Waals surface area (Å²) in [6, 6.07) is 10.4. The molecule has 0 aliphatic carbocycles. The highest BCUT2D eigenvalue weighted by Gasteiger charge is 2.46. The van der Waals surface area contributed by atoms with Gasteiger partial charge in [0.15, 0.2) is 20.4 Å². The first kappa shape index (κ1) is 24.0. The predicted octanol–water partition coefficient (Wildman–Crippen LogP) is 5.68. The quantitative estimate of drug-likeness (QED) is 0.343. The van der Waals surface area contributed by atoms with E-state index >= 15 is 0 Å². The van der Waals surface area contributed by atoms with Crippen LogP contribution in [0.3, 0.4) is 0 Å². The van der Waals surface area contributed by atoms with Crippen LogP contribution < -0.4 is 0 Å². The van der Waals surface area contributed by atoms with Gasteiger partial charge in [-0.3, -0.25) is 4.79 Å². The molecule has 2 atom stereocenters. The van der Waals surface area contributed by atoms with Crippen molar-refractivity contribution in [1.29, 1.82) is 0 Å². The number of aryl methyl sites for hydroxylation is 1. The molecule has 0 saturated heterocycles. The first-order chi connectivity index (χ1) is 13.8. The van der Waals surface area contributed by atoms with Gasteiger partial charge in [-0.25, -0.2) is 0 Å². The van der Waals surface area contributed by atoms with Gasteiger partial charge in [0, 0.05) is 0 Å². The van der Waals surface area contributed by atoms with Crippen LogP contribution in [0.15, 0.2) is 42.5 Å². The van der Waals surface area contributed by atoms with Gasteiger partial charge in [0.2, 0.25) is 0 Å². The Morgan fingerprint density at radius 2 is 1.62 bits per heavy atom. The van der Waals surface area contributed by atoms with E-state index in [0.29, 0.717) is 29.8 Å². The van der Waals surface area contributed by atoms with Gasteiger partial charge in [-0.05, 0) is 47.2 Å². The summed E-state index contributed by atoms with van der Waals surface area (Å²) >= 11 is 0. The van der Waals surface area contributed by atoms with E-state index < -0.39 is 20.7 Å². The lowest BCUT2D eigenvalue weighted by Crippen LogP contribution is -2.50. The van der Waals surface area contributed by atoms with Crippen molar-refractivity contribution in [3.8, 4) is 0 Å². The van der Waals surface area contributed by atoms with Crippen molar-refractivity contribution < 1.29 is 18.7 Å². The third kappa shape index (κ3) is 6.35. The fourth-order valence-corrected chi connectivity index (χ4v) is 10.1. The molecule has 0 aromatic heterocycles. The predicted molar refractivity (Wildman–Crippen MR) is 121 cm³/mol. The second-order valence-electron chi connectivity index (χ2n) is 8.84. The fourth-order valence-electron chi connectivity index (χ4n) is 4.61. The molecule has 0 spiro atoms. The average molecular weight is 419 g/mol. The summed E-state index contributed by atoms with van der Waals surface area (Å²) in [4.78, 5) is 12.3. The van der Waals surface area contributed by atoms with Crippen molar-refractivity contribution >= 4 is 14.1 Å². The first-order valence-electron chi connectivity index (χ1n) is 10.9. The number of ether oxygens (including phenoxy) is 2. The van der Waals surface area contributed by atoms with Gasteiger partial charge in [0.25, 0.3) is 0 Å². The zero-order valence-electron chi connectivity index (χ0n) is 18.9. The van der Waals surface area contributed by atoms with Gasteiger partial charge in [0.05, 0.1) is 13.2 Å². The Kier molecular flexibility index (Phi) is 9.28. The van der Waals surface area contributed by atoms with Crippen molar-refractivity contribution in [3.05, 3.63) is 48.0 Å². The highest BCUT2D eigenvalue weighted by molar-refractivity contribution is 6.77. The van der Waals surface area contributed by atoms with Crippen LogP contribution in [0.5, 0.6) is 0 Å². The van der Waals surface area contributed by atoms with Crippen LogP contribution >= 0.6 is 0 Å². The number of ketones is 1. The van der Waals surface area contributed by atoms with Crippen molar-refractivity contribution in [2.45, 2.75) is 83.4 Å². The summed E-state index contributed by atoms with van der Waals surface area (Å²) in [5.74, 6) is -0.0340. The Balaban J connectivity index is 1.87. The number of benzene rings is 1. The van der Waals surface area contributed by atoms with E-state index in [-0.39, 0.29) is 5.78 Å². The Morgan fingerprint density at radius 1 is 1.00 bits per heavy atom. The van der Waals surface area contributed by atoms with Crippen LogP contribution in [0.2, 0.25) is 16.6 Å². The van der Waals surface area contributed by atoms with E-state index in [1.807, 2.05) is 18.2 Å². The number of carbonyl (C=O) groups excluding carboxylic acids is 1. The zero-order valence-corrected chi connectivity index (χ0v) is 19.9. The Hall–Kier alpha value is -1.27. The van der Waals surface area contributed by atoms with Crippen LogP contribution in [0.25, 0.3) is 0 Å². The molecular formula is C24H38O4Si. The minimum atomic E-state index is -2.03. The summed E-state index contributed by atoms with van der Waals surface area (Å²) in [7, 11) is -2.03. The maximum absolute atomic E-state index is 12.3. The van der Waals surface area contributed by atoms with E-state index in [1.165, 1.54) is 5.56 Å². The molecule has 0 amide bonds. The average Bonchev–Trinajstić information content (AvgIpc) is 2.67. The molecular weight excluding hydrogens is 380 g/mol. The van der Waals surface area contributed by atoms with E-state index in [9.17, 15) is 4.79 Å². The Labute approximate surface area is 177 Å². The van der Waals surface area contributed by atoms with Crippen LogP contribution in [0.1, 0.15) is 53.5 Å². The van der Waals surface area contributed by atoms with Crippen molar-refractivity contribution in [2.24, 2.45) is 0 Å². The molecule has 0 fully saturated rings. The number of hydrogen-bond donors (Lipinski definition) is 0. The number of carbonyl (C=O) groups is 1. The zero-order chi connectivity index (χ0) is 21.4. The molecule has 1 aromatic rings. The molecule has 162 valence electrons. The molecule has 1 aliphatic rings. The van der Waals surface area contributed by atoms with Gasteiger partial charge in [0.1, 0.15) is 6.10 Å². The molecule has 4 nitrogen and oxygen atoms in total. The molecule has 2 rings (SSSR count). The SMILES string of the molecule is CC(C)[Si](OC[C@H]1OC(OCCCc2ccccc2)C=CC1=O)(C(C)C)C(C)C. The largest absolute Gasteiger partial charge is 0.413 e. The van der Waals surface area contributed by atoms with Gasteiger partial charge in [-0.1, -0.05) is 71.9 Å². The molecule has 5 heteroatoms. The molecule has 0 bridgehead atoms. The molecule has 1 aromatic carbocycles. The molecule has 0 radical (unpaired) electrons. The topological polar surface area (TPSA) is 44.8 Å².